The van der Waals surface area contributed by atoms with E-state index in [1.807, 2.05) is 0 Å². The SMILES string of the molecule is CC1SCCC1(CN)NCC(C1CC1)C1CC1. The molecule has 0 aromatic carbocycles. The molecule has 0 bridgehead atoms. The van der Waals surface area contributed by atoms with Gasteiger partial charge in [0.05, 0.1) is 0 Å². The van der Waals surface area contributed by atoms with Crippen LogP contribution in [0.4, 0.5) is 0 Å². The molecule has 3 N–H and O–H groups in total. The van der Waals surface area contributed by atoms with E-state index < -0.39 is 0 Å². The Kier molecular flexibility index (Phi) is 3.44. The maximum Gasteiger partial charge on any atom is 0.0429 e. The van der Waals surface area contributed by atoms with Gasteiger partial charge in [0.2, 0.25) is 0 Å². The molecule has 1 heterocycles. The molecular weight excluding hydrogens is 228 g/mol. The maximum atomic E-state index is 6.05. The fourth-order valence-electron chi connectivity index (χ4n) is 3.44. The Morgan fingerprint density at radius 2 is 1.94 bits per heavy atom. The first-order chi connectivity index (χ1) is 8.25. The van der Waals surface area contributed by atoms with Crippen molar-refractivity contribution < 1.29 is 0 Å². The minimum atomic E-state index is 0.243. The summed E-state index contributed by atoms with van der Waals surface area (Å²) in [6, 6.07) is 0. The molecule has 3 aliphatic rings. The zero-order valence-electron chi connectivity index (χ0n) is 11.0. The van der Waals surface area contributed by atoms with Crippen LogP contribution >= 0.6 is 11.8 Å². The number of hydrogen-bond acceptors (Lipinski definition) is 3. The monoisotopic (exact) mass is 254 g/mol. The van der Waals surface area contributed by atoms with Crippen molar-refractivity contribution in [1.82, 2.24) is 5.32 Å². The lowest BCUT2D eigenvalue weighted by Crippen LogP contribution is -2.56. The van der Waals surface area contributed by atoms with Crippen molar-refractivity contribution in [3.8, 4) is 0 Å². The highest BCUT2D eigenvalue weighted by Crippen LogP contribution is 2.49. The van der Waals surface area contributed by atoms with Crippen LogP contribution in [-0.2, 0) is 0 Å². The Hall–Kier alpha value is 0.270. The summed E-state index contributed by atoms with van der Waals surface area (Å²) in [7, 11) is 0. The maximum absolute atomic E-state index is 6.05. The third-order valence-corrected chi connectivity index (χ3v) is 6.59. The molecule has 0 aromatic rings. The second kappa shape index (κ2) is 4.75. The molecule has 17 heavy (non-hydrogen) atoms. The fraction of sp³-hybridized carbons (Fsp3) is 1.00. The molecule has 2 aliphatic carbocycles. The Balaban J connectivity index is 1.57. The van der Waals surface area contributed by atoms with Gasteiger partial charge in [0.25, 0.3) is 0 Å². The molecule has 0 amide bonds. The Morgan fingerprint density at radius 3 is 2.35 bits per heavy atom. The average molecular weight is 254 g/mol. The van der Waals surface area contributed by atoms with Crippen LogP contribution in [0.15, 0.2) is 0 Å². The topological polar surface area (TPSA) is 38.0 Å². The van der Waals surface area contributed by atoms with E-state index in [9.17, 15) is 0 Å². The van der Waals surface area contributed by atoms with E-state index in [4.69, 9.17) is 5.73 Å². The van der Waals surface area contributed by atoms with Crippen molar-refractivity contribution in [3.05, 3.63) is 0 Å². The minimum absolute atomic E-state index is 0.243. The largest absolute Gasteiger partial charge is 0.329 e. The molecule has 1 saturated heterocycles. The average Bonchev–Trinajstić information content (AvgIpc) is 3.21. The van der Waals surface area contributed by atoms with Gasteiger partial charge in [-0.15, -0.1) is 0 Å². The number of nitrogens with two attached hydrogens (primary N) is 1. The van der Waals surface area contributed by atoms with E-state index in [0.29, 0.717) is 5.25 Å². The highest BCUT2D eigenvalue weighted by molar-refractivity contribution is 8.00. The van der Waals surface area contributed by atoms with Crippen LogP contribution in [0.1, 0.15) is 39.0 Å². The Bertz CT molecular complexity index is 263. The van der Waals surface area contributed by atoms with E-state index in [2.05, 4.69) is 24.0 Å². The van der Waals surface area contributed by atoms with Gasteiger partial charge in [-0.2, -0.15) is 11.8 Å². The Morgan fingerprint density at radius 1 is 1.29 bits per heavy atom. The summed E-state index contributed by atoms with van der Waals surface area (Å²) in [5, 5.41) is 4.58. The lowest BCUT2D eigenvalue weighted by Gasteiger charge is -2.35. The van der Waals surface area contributed by atoms with Crippen LogP contribution in [0, 0.1) is 17.8 Å². The highest BCUT2D eigenvalue weighted by Gasteiger charge is 2.44. The first-order valence-corrected chi connectivity index (χ1v) is 8.37. The van der Waals surface area contributed by atoms with Crippen molar-refractivity contribution in [2.45, 2.75) is 49.8 Å². The lowest BCUT2D eigenvalue weighted by molar-refractivity contribution is 0.279. The summed E-state index contributed by atoms with van der Waals surface area (Å²) in [4.78, 5) is 0. The third kappa shape index (κ3) is 2.52. The van der Waals surface area contributed by atoms with Gasteiger partial charge in [0.1, 0.15) is 0 Å². The second-order valence-electron chi connectivity index (χ2n) is 6.34. The van der Waals surface area contributed by atoms with Crippen molar-refractivity contribution in [2.24, 2.45) is 23.5 Å². The normalized spacial score (nSPS) is 37.9. The number of rotatable bonds is 6. The summed E-state index contributed by atoms with van der Waals surface area (Å²) < 4.78 is 0. The number of thioether (sulfide) groups is 1. The molecular formula is C14H26N2S. The molecule has 3 fully saturated rings. The minimum Gasteiger partial charge on any atom is -0.329 e. The standard InChI is InChI=1S/C14H26N2S/c1-10-14(9-15,6-7-17-10)16-8-13(11-2-3-11)12-4-5-12/h10-13,16H,2-9,15H2,1H3. The van der Waals surface area contributed by atoms with Gasteiger partial charge in [0, 0.05) is 17.3 Å². The zero-order valence-corrected chi connectivity index (χ0v) is 11.8. The van der Waals surface area contributed by atoms with E-state index in [1.54, 1.807) is 0 Å². The highest BCUT2D eigenvalue weighted by atomic mass is 32.2. The molecule has 0 radical (unpaired) electrons. The fourth-order valence-corrected chi connectivity index (χ4v) is 4.89. The van der Waals surface area contributed by atoms with E-state index >= 15 is 0 Å². The summed E-state index contributed by atoms with van der Waals surface area (Å²) in [5.74, 6) is 4.35. The van der Waals surface area contributed by atoms with E-state index in [0.717, 1.165) is 24.3 Å². The number of hydrogen-bond donors (Lipinski definition) is 2. The molecule has 0 spiro atoms. The molecule has 0 aromatic heterocycles. The van der Waals surface area contributed by atoms with Gasteiger partial charge in [-0.25, -0.2) is 0 Å². The molecule has 2 saturated carbocycles. The van der Waals surface area contributed by atoms with E-state index in [1.165, 1.54) is 44.4 Å². The quantitative estimate of drug-likeness (QED) is 0.763. The molecule has 3 rings (SSSR count). The first kappa shape index (κ1) is 12.3. The van der Waals surface area contributed by atoms with Gasteiger partial charge in [-0.3, -0.25) is 0 Å². The third-order valence-electron chi connectivity index (χ3n) is 5.20. The van der Waals surface area contributed by atoms with Crippen LogP contribution in [0.3, 0.4) is 0 Å². The summed E-state index contributed by atoms with van der Waals surface area (Å²) in [6.45, 7) is 4.39. The van der Waals surface area contributed by atoms with Crippen LogP contribution in [0.2, 0.25) is 0 Å². The zero-order chi connectivity index (χ0) is 11.9. The molecule has 1 aliphatic heterocycles. The van der Waals surface area contributed by atoms with Gasteiger partial charge < -0.3 is 11.1 Å². The first-order valence-electron chi connectivity index (χ1n) is 7.32. The molecule has 2 unspecified atom stereocenters. The van der Waals surface area contributed by atoms with E-state index in [-0.39, 0.29) is 5.54 Å². The van der Waals surface area contributed by atoms with Gasteiger partial charge >= 0.3 is 0 Å². The summed E-state index contributed by atoms with van der Waals surface area (Å²) in [5.41, 5.74) is 6.30. The van der Waals surface area contributed by atoms with Crippen molar-refractivity contribution in [3.63, 3.8) is 0 Å². The van der Waals surface area contributed by atoms with Crippen LogP contribution < -0.4 is 11.1 Å². The lowest BCUT2D eigenvalue weighted by atomic mass is 9.90. The summed E-state index contributed by atoms with van der Waals surface area (Å²) >= 11 is 2.09. The van der Waals surface area contributed by atoms with Crippen LogP contribution in [-0.4, -0.2) is 29.6 Å². The summed E-state index contributed by atoms with van der Waals surface area (Å²) in [6.07, 6.45) is 7.22. The van der Waals surface area contributed by atoms with Crippen LogP contribution in [0.25, 0.3) is 0 Å². The molecule has 2 atom stereocenters. The Labute approximate surface area is 109 Å². The van der Waals surface area contributed by atoms with Gasteiger partial charge in [0.15, 0.2) is 0 Å². The van der Waals surface area contributed by atoms with Crippen LogP contribution in [0.5, 0.6) is 0 Å². The van der Waals surface area contributed by atoms with Crippen molar-refractivity contribution >= 4 is 11.8 Å². The second-order valence-corrected chi connectivity index (χ2v) is 7.79. The van der Waals surface area contributed by atoms with Crippen molar-refractivity contribution in [1.29, 1.82) is 0 Å². The smallest absolute Gasteiger partial charge is 0.0429 e. The molecule has 2 nitrogen and oxygen atoms in total. The van der Waals surface area contributed by atoms with Gasteiger partial charge in [-0.1, -0.05) is 6.92 Å². The number of nitrogens with one attached hydrogen (secondary N) is 1. The molecule has 98 valence electrons. The molecule has 3 heteroatoms. The van der Waals surface area contributed by atoms with Crippen molar-refractivity contribution in [2.75, 3.05) is 18.8 Å². The predicted molar refractivity (Wildman–Crippen MR) is 75.3 cm³/mol. The van der Waals surface area contributed by atoms with Gasteiger partial charge in [-0.05, 0) is 62.2 Å². The predicted octanol–water partition coefficient (Wildman–Crippen LogP) is 2.24.